The van der Waals surface area contributed by atoms with E-state index in [2.05, 4.69) is 15.6 Å². The van der Waals surface area contributed by atoms with E-state index in [1.165, 1.54) is 10.7 Å². The molecule has 188 valence electrons. The fourth-order valence-electron chi connectivity index (χ4n) is 4.39. The molecule has 2 unspecified atom stereocenters. The van der Waals surface area contributed by atoms with Gasteiger partial charge in [0.05, 0.1) is 11.6 Å². The second kappa shape index (κ2) is 9.85. The lowest BCUT2D eigenvalue weighted by atomic mass is 10.0. The van der Waals surface area contributed by atoms with E-state index in [-0.39, 0.29) is 17.4 Å². The van der Waals surface area contributed by atoms with E-state index in [0.717, 1.165) is 16.7 Å². The third kappa shape index (κ3) is 5.06. The van der Waals surface area contributed by atoms with Crippen molar-refractivity contribution in [2.75, 3.05) is 5.32 Å². The number of aliphatic carboxylic acids is 1. The van der Waals surface area contributed by atoms with E-state index in [9.17, 15) is 14.0 Å². The molecule has 3 aromatic carbocycles. The predicted molar refractivity (Wildman–Crippen MR) is 135 cm³/mol. The molecule has 37 heavy (non-hydrogen) atoms. The molecule has 1 aliphatic rings. The maximum absolute atomic E-state index is 14.0. The lowest BCUT2D eigenvalue weighted by molar-refractivity contribution is -0.138. The van der Waals surface area contributed by atoms with E-state index in [1.807, 2.05) is 48.5 Å². The summed E-state index contributed by atoms with van der Waals surface area (Å²) in [6.45, 7) is 3.31. The van der Waals surface area contributed by atoms with Crippen LogP contribution in [0.3, 0.4) is 0 Å². The van der Waals surface area contributed by atoms with Crippen LogP contribution in [0.25, 0.3) is 16.8 Å². The van der Waals surface area contributed by atoms with Crippen molar-refractivity contribution in [3.63, 3.8) is 0 Å². The Bertz CT molecular complexity index is 1450. The number of nitrogens with one attached hydrogen (secondary N) is 1. The number of carboxylic acid groups (broad SMARTS) is 1. The minimum atomic E-state index is -0.786. The fraction of sp³-hybridized carbons (Fsp3) is 0.214. The number of rotatable bonds is 7. The number of anilines is 1. The van der Waals surface area contributed by atoms with Crippen molar-refractivity contribution in [2.45, 2.75) is 32.3 Å². The number of aromatic nitrogens is 3. The smallest absolute Gasteiger partial charge is 0.413 e. The Balaban J connectivity index is 1.28. The molecule has 3 atom stereocenters. The van der Waals surface area contributed by atoms with Crippen LogP contribution in [-0.2, 0) is 9.53 Å². The number of nitrogens with zero attached hydrogens (tertiary/aromatic N) is 3. The van der Waals surface area contributed by atoms with E-state index >= 15 is 0 Å². The molecule has 1 aromatic heterocycles. The lowest BCUT2D eigenvalue weighted by Gasteiger charge is -2.15. The molecule has 0 saturated heterocycles. The number of ether oxygens (including phenoxy) is 1. The highest BCUT2D eigenvalue weighted by Gasteiger charge is 2.44. The number of amides is 1. The average molecular weight is 501 g/mol. The summed E-state index contributed by atoms with van der Waals surface area (Å²) in [5.74, 6) is -1.02. The Kier molecular flexibility index (Phi) is 6.43. The maximum atomic E-state index is 14.0. The molecule has 1 heterocycles. The summed E-state index contributed by atoms with van der Waals surface area (Å²) < 4.78 is 20.9. The first kappa shape index (κ1) is 24.2. The summed E-state index contributed by atoms with van der Waals surface area (Å²) >= 11 is 0. The van der Waals surface area contributed by atoms with Crippen molar-refractivity contribution in [1.29, 1.82) is 0 Å². The number of hydrogen-bond acceptors (Lipinski definition) is 5. The third-order valence-electron chi connectivity index (χ3n) is 6.58. The average Bonchev–Trinajstić information content (AvgIpc) is 3.63. The van der Waals surface area contributed by atoms with Crippen molar-refractivity contribution in [1.82, 2.24) is 15.0 Å². The Morgan fingerprint density at radius 2 is 1.70 bits per heavy atom. The minimum Gasteiger partial charge on any atom is -0.481 e. The zero-order valence-electron chi connectivity index (χ0n) is 20.3. The first-order valence-corrected chi connectivity index (χ1v) is 11.9. The van der Waals surface area contributed by atoms with Gasteiger partial charge in [-0.05, 0) is 61.1 Å². The molecule has 1 aliphatic carbocycles. The van der Waals surface area contributed by atoms with Crippen LogP contribution in [0.1, 0.15) is 42.2 Å². The number of hydrogen-bond donors (Lipinski definition) is 2. The van der Waals surface area contributed by atoms with Crippen molar-refractivity contribution in [3.05, 3.63) is 95.4 Å². The molecule has 0 radical (unpaired) electrons. The van der Waals surface area contributed by atoms with E-state index in [0.29, 0.717) is 23.6 Å². The summed E-state index contributed by atoms with van der Waals surface area (Å²) in [5, 5.41) is 20.0. The molecule has 1 saturated carbocycles. The second-order valence-corrected chi connectivity index (χ2v) is 9.09. The van der Waals surface area contributed by atoms with Crippen LogP contribution in [0.4, 0.5) is 15.0 Å². The van der Waals surface area contributed by atoms with Crippen LogP contribution in [0, 0.1) is 18.7 Å². The van der Waals surface area contributed by atoms with Gasteiger partial charge < -0.3 is 9.84 Å². The standard InChI is InChI=1S/C28H25FN4O4/c1-16-26(30-28(36)37-17(2)22-5-3-4-6-25(22)29)33(32-31-16)21-13-11-19(12-14-21)18-7-9-20(10-8-18)23-15-24(23)27(34)35/h3-14,17,23-24H,15H2,1-2H3,(H,30,36)(H,34,35)/t17-,23?,24?/m1/s1. The summed E-state index contributed by atoms with van der Waals surface area (Å²) in [5.41, 5.74) is 4.48. The van der Waals surface area contributed by atoms with Crippen molar-refractivity contribution in [2.24, 2.45) is 5.92 Å². The Hall–Kier alpha value is -4.53. The number of benzene rings is 3. The third-order valence-corrected chi connectivity index (χ3v) is 6.58. The maximum Gasteiger partial charge on any atom is 0.413 e. The number of carbonyl (C=O) groups excluding carboxylic acids is 1. The predicted octanol–water partition coefficient (Wildman–Crippen LogP) is 5.88. The van der Waals surface area contributed by atoms with Gasteiger partial charge in [0.15, 0.2) is 5.82 Å². The van der Waals surface area contributed by atoms with E-state index in [4.69, 9.17) is 9.84 Å². The Labute approximate surface area is 212 Å². The van der Waals surface area contributed by atoms with Crippen molar-refractivity contribution < 1.29 is 23.8 Å². The molecule has 9 heteroatoms. The van der Waals surface area contributed by atoms with Gasteiger partial charge in [-0.25, -0.2) is 9.18 Å². The van der Waals surface area contributed by atoms with Crippen molar-refractivity contribution in [3.8, 4) is 16.8 Å². The van der Waals surface area contributed by atoms with Crippen LogP contribution < -0.4 is 5.32 Å². The van der Waals surface area contributed by atoms with Gasteiger partial charge in [0, 0.05) is 5.56 Å². The topological polar surface area (TPSA) is 106 Å². The molecule has 1 amide bonds. The molecule has 2 N–H and O–H groups in total. The number of aryl methyl sites for hydroxylation is 1. The number of carboxylic acids is 1. The molecule has 5 rings (SSSR count). The van der Waals surface area contributed by atoms with Crippen LogP contribution in [0.5, 0.6) is 0 Å². The van der Waals surface area contributed by atoms with Gasteiger partial charge in [0.2, 0.25) is 0 Å². The number of carbonyl (C=O) groups is 2. The Morgan fingerprint density at radius 1 is 1.05 bits per heavy atom. The van der Waals surface area contributed by atoms with Gasteiger partial charge in [-0.1, -0.05) is 59.8 Å². The SMILES string of the molecule is Cc1nnn(-c2ccc(-c3ccc(C4CC4C(=O)O)cc3)cc2)c1NC(=O)O[C@H](C)c1ccccc1F. The van der Waals surface area contributed by atoms with Gasteiger partial charge in [0.1, 0.15) is 17.6 Å². The summed E-state index contributed by atoms with van der Waals surface area (Å²) in [4.78, 5) is 23.7. The fourth-order valence-corrected chi connectivity index (χ4v) is 4.39. The van der Waals surface area contributed by atoms with Gasteiger partial charge in [-0.15, -0.1) is 5.10 Å². The first-order chi connectivity index (χ1) is 17.8. The zero-order chi connectivity index (χ0) is 26.1. The van der Waals surface area contributed by atoms with E-state index < -0.39 is 24.0 Å². The highest BCUT2D eigenvalue weighted by atomic mass is 19.1. The number of halogens is 1. The minimum absolute atomic E-state index is 0.0943. The highest BCUT2D eigenvalue weighted by molar-refractivity contribution is 5.84. The Morgan fingerprint density at radius 3 is 2.32 bits per heavy atom. The molecule has 0 aliphatic heterocycles. The monoisotopic (exact) mass is 500 g/mol. The normalized spacial score (nSPS) is 17.2. The van der Waals surface area contributed by atoms with Crippen LogP contribution >= 0.6 is 0 Å². The van der Waals surface area contributed by atoms with Gasteiger partial charge in [-0.2, -0.15) is 4.68 Å². The molecule has 4 aromatic rings. The molecular weight excluding hydrogens is 475 g/mol. The molecule has 0 spiro atoms. The largest absolute Gasteiger partial charge is 0.481 e. The highest BCUT2D eigenvalue weighted by Crippen LogP contribution is 2.47. The zero-order valence-corrected chi connectivity index (χ0v) is 20.3. The molecule has 1 fully saturated rings. The quantitative estimate of drug-likeness (QED) is 0.328. The molecule has 8 nitrogen and oxygen atoms in total. The lowest BCUT2D eigenvalue weighted by Crippen LogP contribution is -2.19. The van der Waals surface area contributed by atoms with Gasteiger partial charge in [0.25, 0.3) is 0 Å². The first-order valence-electron chi connectivity index (χ1n) is 11.9. The van der Waals surface area contributed by atoms with Crippen LogP contribution in [0.2, 0.25) is 0 Å². The van der Waals surface area contributed by atoms with Crippen LogP contribution in [-0.4, -0.2) is 32.2 Å². The van der Waals surface area contributed by atoms with Gasteiger partial charge >= 0.3 is 12.1 Å². The van der Waals surface area contributed by atoms with Crippen LogP contribution in [0.15, 0.2) is 72.8 Å². The van der Waals surface area contributed by atoms with Gasteiger partial charge in [-0.3, -0.25) is 10.1 Å². The molecular formula is C28H25FN4O4. The van der Waals surface area contributed by atoms with E-state index in [1.54, 1.807) is 32.0 Å². The molecule has 0 bridgehead atoms. The second-order valence-electron chi connectivity index (χ2n) is 9.09. The van der Waals surface area contributed by atoms with Crippen molar-refractivity contribution >= 4 is 17.9 Å². The summed E-state index contributed by atoms with van der Waals surface area (Å²) in [7, 11) is 0. The summed E-state index contributed by atoms with van der Waals surface area (Å²) in [6.07, 6.45) is -0.849. The summed E-state index contributed by atoms with van der Waals surface area (Å²) in [6, 6.07) is 21.6.